The normalized spacial score (nSPS) is 10.1. The maximum Gasteiger partial charge on any atom is 0.124 e. The van der Waals surface area contributed by atoms with Crippen LogP contribution in [0.4, 0.5) is 0 Å². The lowest BCUT2D eigenvalue weighted by atomic mass is 10.2. The van der Waals surface area contributed by atoms with Crippen LogP contribution in [0.1, 0.15) is 5.56 Å². The molecular weight excluding hydrogens is 194 g/mol. The quantitative estimate of drug-likeness (QED) is 0.718. The third-order valence-electron chi connectivity index (χ3n) is 2.01. The summed E-state index contributed by atoms with van der Waals surface area (Å²) in [5, 5.41) is 0. The largest absolute Gasteiger partial charge is 0.497 e. The number of ether oxygens (including phenoxy) is 3. The van der Waals surface area contributed by atoms with Crippen molar-refractivity contribution >= 4 is 0 Å². The summed E-state index contributed by atoms with van der Waals surface area (Å²) in [7, 11) is 3.26. The number of benzene rings is 1. The molecule has 4 nitrogen and oxygen atoms in total. The molecule has 0 unspecified atom stereocenters. The summed E-state index contributed by atoms with van der Waals surface area (Å²) in [4.78, 5) is 0. The third-order valence-corrected chi connectivity index (χ3v) is 2.01. The zero-order chi connectivity index (χ0) is 11.1. The second-order valence-corrected chi connectivity index (χ2v) is 3.02. The minimum absolute atomic E-state index is 0.484. The predicted octanol–water partition coefficient (Wildman–Crippen LogP) is 1.18. The van der Waals surface area contributed by atoms with E-state index in [0.29, 0.717) is 19.8 Å². The third kappa shape index (κ3) is 3.42. The summed E-state index contributed by atoms with van der Waals surface area (Å²) >= 11 is 0. The molecule has 1 aromatic rings. The SMILES string of the molecule is COc1ccc(OC)c(COCCN)c1. The Hall–Kier alpha value is -1.26. The van der Waals surface area contributed by atoms with Gasteiger partial charge in [-0.3, -0.25) is 0 Å². The van der Waals surface area contributed by atoms with E-state index in [9.17, 15) is 0 Å². The molecule has 0 aromatic heterocycles. The molecule has 1 rings (SSSR count). The average Bonchev–Trinajstić information content (AvgIpc) is 2.29. The smallest absolute Gasteiger partial charge is 0.124 e. The fourth-order valence-corrected chi connectivity index (χ4v) is 1.26. The van der Waals surface area contributed by atoms with Crippen LogP contribution in [0.25, 0.3) is 0 Å². The van der Waals surface area contributed by atoms with Gasteiger partial charge >= 0.3 is 0 Å². The Labute approximate surface area is 89.9 Å². The van der Waals surface area contributed by atoms with Crippen LogP contribution in [0.5, 0.6) is 11.5 Å². The molecule has 0 aliphatic carbocycles. The topological polar surface area (TPSA) is 53.7 Å². The average molecular weight is 211 g/mol. The Morgan fingerprint density at radius 2 is 2.00 bits per heavy atom. The van der Waals surface area contributed by atoms with E-state index >= 15 is 0 Å². The van der Waals surface area contributed by atoms with Crippen molar-refractivity contribution in [3.05, 3.63) is 23.8 Å². The molecule has 4 heteroatoms. The Morgan fingerprint density at radius 3 is 2.60 bits per heavy atom. The Morgan fingerprint density at radius 1 is 1.20 bits per heavy atom. The second-order valence-electron chi connectivity index (χ2n) is 3.02. The Kier molecular flexibility index (Phi) is 4.93. The zero-order valence-corrected chi connectivity index (χ0v) is 9.16. The van der Waals surface area contributed by atoms with Gasteiger partial charge in [0.05, 0.1) is 27.4 Å². The van der Waals surface area contributed by atoms with Gasteiger partial charge in [0.1, 0.15) is 11.5 Å². The minimum atomic E-state index is 0.484. The highest BCUT2D eigenvalue weighted by Crippen LogP contribution is 2.24. The minimum Gasteiger partial charge on any atom is -0.497 e. The van der Waals surface area contributed by atoms with E-state index in [1.165, 1.54) is 0 Å². The van der Waals surface area contributed by atoms with Crippen LogP contribution < -0.4 is 15.2 Å². The van der Waals surface area contributed by atoms with Crippen molar-refractivity contribution in [1.29, 1.82) is 0 Å². The summed E-state index contributed by atoms with van der Waals surface area (Å²) in [6.45, 7) is 1.55. The first kappa shape index (κ1) is 11.8. The molecule has 2 N–H and O–H groups in total. The van der Waals surface area contributed by atoms with Crippen LogP contribution in [0.15, 0.2) is 18.2 Å². The molecule has 0 fully saturated rings. The molecule has 0 aliphatic heterocycles. The Balaban J connectivity index is 2.72. The zero-order valence-electron chi connectivity index (χ0n) is 9.16. The van der Waals surface area contributed by atoms with E-state index < -0.39 is 0 Å². The van der Waals surface area contributed by atoms with Crippen LogP contribution in [0, 0.1) is 0 Å². The summed E-state index contributed by atoms with van der Waals surface area (Å²) in [5.41, 5.74) is 6.30. The van der Waals surface area contributed by atoms with Gasteiger partial charge < -0.3 is 19.9 Å². The summed E-state index contributed by atoms with van der Waals surface area (Å²) < 4.78 is 15.7. The fourth-order valence-electron chi connectivity index (χ4n) is 1.26. The van der Waals surface area contributed by atoms with Crippen LogP contribution in [0.3, 0.4) is 0 Å². The first-order valence-corrected chi connectivity index (χ1v) is 4.80. The number of nitrogens with two attached hydrogens (primary N) is 1. The van der Waals surface area contributed by atoms with Crippen LogP contribution >= 0.6 is 0 Å². The lowest BCUT2D eigenvalue weighted by Crippen LogP contribution is -2.08. The lowest BCUT2D eigenvalue weighted by molar-refractivity contribution is 0.126. The van der Waals surface area contributed by atoms with Crippen LogP contribution in [0.2, 0.25) is 0 Å². The predicted molar refractivity (Wildman–Crippen MR) is 58.3 cm³/mol. The maximum atomic E-state index is 5.35. The van der Waals surface area contributed by atoms with Crippen LogP contribution in [-0.4, -0.2) is 27.4 Å². The number of hydrogen-bond acceptors (Lipinski definition) is 4. The van der Waals surface area contributed by atoms with Gasteiger partial charge in [0.15, 0.2) is 0 Å². The summed E-state index contributed by atoms with van der Waals surface area (Å²) in [6.07, 6.45) is 0. The maximum absolute atomic E-state index is 5.35. The number of hydrogen-bond donors (Lipinski definition) is 1. The first-order valence-electron chi connectivity index (χ1n) is 4.80. The molecule has 1 aromatic carbocycles. The van der Waals surface area contributed by atoms with Gasteiger partial charge in [-0.2, -0.15) is 0 Å². The molecule has 0 heterocycles. The number of rotatable bonds is 6. The standard InChI is InChI=1S/C11H17NO3/c1-13-10-3-4-11(14-2)9(7-10)8-15-6-5-12/h3-4,7H,5-6,8,12H2,1-2H3. The van der Waals surface area contributed by atoms with Gasteiger partial charge in [-0.25, -0.2) is 0 Å². The van der Waals surface area contributed by atoms with Crippen molar-refractivity contribution in [3.8, 4) is 11.5 Å². The molecule has 0 amide bonds. The van der Waals surface area contributed by atoms with Gasteiger partial charge in [0.2, 0.25) is 0 Å². The second kappa shape index (κ2) is 6.27. The van der Waals surface area contributed by atoms with Crippen molar-refractivity contribution < 1.29 is 14.2 Å². The molecule has 84 valence electrons. The van der Waals surface area contributed by atoms with Crippen molar-refractivity contribution in [1.82, 2.24) is 0 Å². The van der Waals surface area contributed by atoms with Crippen molar-refractivity contribution in [2.45, 2.75) is 6.61 Å². The van der Waals surface area contributed by atoms with Crippen molar-refractivity contribution in [2.24, 2.45) is 5.73 Å². The fraction of sp³-hybridized carbons (Fsp3) is 0.455. The highest BCUT2D eigenvalue weighted by atomic mass is 16.5. The van der Waals surface area contributed by atoms with Gasteiger partial charge in [-0.15, -0.1) is 0 Å². The molecule has 0 saturated carbocycles. The molecule has 0 bridgehead atoms. The molecule has 0 saturated heterocycles. The van der Waals surface area contributed by atoms with Gasteiger partial charge in [-0.1, -0.05) is 0 Å². The van der Waals surface area contributed by atoms with Gasteiger partial charge in [-0.05, 0) is 18.2 Å². The van der Waals surface area contributed by atoms with E-state index in [1.807, 2.05) is 18.2 Å². The highest BCUT2D eigenvalue weighted by Gasteiger charge is 2.04. The van der Waals surface area contributed by atoms with Crippen molar-refractivity contribution in [2.75, 3.05) is 27.4 Å². The summed E-state index contributed by atoms with van der Waals surface area (Å²) in [6, 6.07) is 5.61. The number of methoxy groups -OCH3 is 2. The summed E-state index contributed by atoms with van der Waals surface area (Å²) in [5.74, 6) is 1.59. The van der Waals surface area contributed by atoms with E-state index in [2.05, 4.69) is 0 Å². The molecule has 15 heavy (non-hydrogen) atoms. The van der Waals surface area contributed by atoms with Gasteiger partial charge in [0, 0.05) is 12.1 Å². The lowest BCUT2D eigenvalue weighted by Gasteiger charge is -2.10. The molecule has 0 aliphatic rings. The first-order chi connectivity index (χ1) is 7.31. The molecule has 0 spiro atoms. The molecule has 0 radical (unpaired) electrons. The monoisotopic (exact) mass is 211 g/mol. The Bertz CT molecular complexity index is 302. The highest BCUT2D eigenvalue weighted by molar-refractivity contribution is 5.39. The van der Waals surface area contributed by atoms with E-state index in [1.54, 1.807) is 14.2 Å². The van der Waals surface area contributed by atoms with E-state index in [-0.39, 0.29) is 0 Å². The molecule has 0 atom stereocenters. The van der Waals surface area contributed by atoms with Crippen molar-refractivity contribution in [3.63, 3.8) is 0 Å². The molecular formula is C11H17NO3. The van der Waals surface area contributed by atoms with E-state index in [0.717, 1.165) is 17.1 Å². The van der Waals surface area contributed by atoms with Gasteiger partial charge in [0.25, 0.3) is 0 Å². The van der Waals surface area contributed by atoms with E-state index in [4.69, 9.17) is 19.9 Å². The van der Waals surface area contributed by atoms with Crippen LogP contribution in [-0.2, 0) is 11.3 Å².